The monoisotopic (exact) mass is 313 g/mol. The number of hydrogen-bond acceptors (Lipinski definition) is 5. The summed E-state index contributed by atoms with van der Waals surface area (Å²) in [5, 5.41) is 8.90. The fourth-order valence-electron chi connectivity index (χ4n) is 2.14. The maximum atomic E-state index is 14.4. The van der Waals surface area contributed by atoms with Crippen LogP contribution in [0.15, 0.2) is 29.4 Å². The van der Waals surface area contributed by atoms with E-state index in [1.165, 1.54) is 0 Å². The summed E-state index contributed by atoms with van der Waals surface area (Å²) in [6, 6.07) is 0. The van der Waals surface area contributed by atoms with Gasteiger partial charge in [-0.25, -0.2) is 13.8 Å². The molecule has 2 aliphatic rings. The number of aliphatic imine (C=N–C) groups is 1. The Kier molecular flexibility index (Phi) is 3.70. The molecule has 1 saturated heterocycles. The zero-order valence-electron chi connectivity index (χ0n) is 10.6. The van der Waals surface area contributed by atoms with Crippen molar-refractivity contribution in [3.8, 4) is 0 Å². The maximum absolute atomic E-state index is 14.4. The molecule has 0 saturated carbocycles. The summed E-state index contributed by atoms with van der Waals surface area (Å²) >= 11 is 0. The van der Waals surface area contributed by atoms with E-state index in [2.05, 4.69) is 11.6 Å². The second kappa shape index (κ2) is 4.95. The molecule has 0 spiro atoms. The van der Waals surface area contributed by atoms with Crippen LogP contribution in [0.1, 0.15) is 6.42 Å². The van der Waals surface area contributed by atoms with Crippen molar-refractivity contribution >= 4 is 5.84 Å². The van der Waals surface area contributed by atoms with Gasteiger partial charge in [-0.1, -0.05) is 6.58 Å². The Morgan fingerprint density at radius 1 is 1.57 bits per heavy atom. The highest BCUT2D eigenvalue weighted by molar-refractivity contribution is 5.96. The second-order valence-electron chi connectivity index (χ2n) is 4.65. The summed E-state index contributed by atoms with van der Waals surface area (Å²) in [6.07, 6.45) is -9.48. The molecule has 118 valence electrons. The number of rotatable bonds is 2. The normalized spacial score (nSPS) is 34.0. The predicted molar refractivity (Wildman–Crippen MR) is 62.1 cm³/mol. The number of hydrogen-bond donors (Lipinski definition) is 2. The van der Waals surface area contributed by atoms with E-state index in [1.54, 1.807) is 0 Å². The highest BCUT2D eigenvalue weighted by atomic mass is 19.4. The molecule has 1 unspecified atom stereocenters. The number of amidine groups is 1. The Balaban J connectivity index is 2.39. The van der Waals surface area contributed by atoms with Crippen molar-refractivity contribution in [2.45, 2.75) is 30.6 Å². The van der Waals surface area contributed by atoms with Gasteiger partial charge in [0.25, 0.3) is 5.67 Å². The first kappa shape index (κ1) is 15.7. The van der Waals surface area contributed by atoms with Crippen molar-refractivity contribution in [2.24, 2.45) is 10.7 Å². The Morgan fingerprint density at radius 3 is 2.71 bits per heavy atom. The lowest BCUT2D eigenvalue weighted by Crippen LogP contribution is -2.54. The van der Waals surface area contributed by atoms with Crippen LogP contribution in [0, 0.1) is 0 Å². The number of ether oxygens (including phenoxy) is 1. The van der Waals surface area contributed by atoms with Gasteiger partial charge in [0, 0.05) is 12.6 Å². The molecule has 0 aromatic rings. The molecule has 2 aliphatic heterocycles. The average Bonchev–Trinajstić information content (AvgIpc) is 2.72. The number of nitrogens with two attached hydrogens (primary N) is 1. The van der Waals surface area contributed by atoms with E-state index in [0.717, 1.165) is 0 Å². The van der Waals surface area contributed by atoms with Gasteiger partial charge in [-0.15, -0.1) is 0 Å². The Bertz CT molecular complexity index is 518. The molecule has 1 fully saturated rings. The van der Waals surface area contributed by atoms with Crippen molar-refractivity contribution in [1.82, 2.24) is 4.90 Å². The molecule has 3 N–H and O–H groups in total. The molecule has 2 heterocycles. The van der Waals surface area contributed by atoms with Gasteiger partial charge in [0.05, 0.1) is 12.7 Å². The molecule has 0 amide bonds. The van der Waals surface area contributed by atoms with E-state index in [-0.39, 0.29) is 0 Å². The van der Waals surface area contributed by atoms with Gasteiger partial charge in [-0.2, -0.15) is 13.2 Å². The van der Waals surface area contributed by atoms with Crippen molar-refractivity contribution in [2.75, 3.05) is 6.61 Å². The standard InChI is InChI=1S/C11H12F5N3O2/c1-5-18-8(17)7(12)3-19(5)9-10(13,11(14,15)16)2-6(4-20)21-9/h3,6,9,20H,1-2,4H2,(H2,17,18)/t6-,9+,10?/m0/s1. The van der Waals surface area contributed by atoms with Crippen LogP contribution in [0.4, 0.5) is 22.0 Å². The first-order valence-electron chi connectivity index (χ1n) is 5.81. The molecular formula is C11H12F5N3O2. The van der Waals surface area contributed by atoms with E-state index in [0.29, 0.717) is 11.1 Å². The summed E-state index contributed by atoms with van der Waals surface area (Å²) in [4.78, 5) is 3.88. The fourth-order valence-corrected chi connectivity index (χ4v) is 2.14. The van der Waals surface area contributed by atoms with E-state index >= 15 is 0 Å². The second-order valence-corrected chi connectivity index (χ2v) is 4.65. The topological polar surface area (TPSA) is 71.1 Å². The summed E-state index contributed by atoms with van der Waals surface area (Å²) in [6.45, 7) is 2.48. The number of aliphatic hydroxyl groups is 1. The average molecular weight is 313 g/mol. The van der Waals surface area contributed by atoms with Gasteiger partial charge in [0.2, 0.25) is 0 Å². The van der Waals surface area contributed by atoms with Gasteiger partial charge < -0.3 is 20.5 Å². The third-order valence-electron chi connectivity index (χ3n) is 3.21. The van der Waals surface area contributed by atoms with E-state index in [1.807, 2.05) is 0 Å². The summed E-state index contributed by atoms with van der Waals surface area (Å²) < 4.78 is 71.6. The summed E-state index contributed by atoms with van der Waals surface area (Å²) in [7, 11) is 0. The molecule has 0 aliphatic carbocycles. The highest BCUT2D eigenvalue weighted by Crippen LogP contribution is 2.48. The van der Waals surface area contributed by atoms with E-state index in [9.17, 15) is 22.0 Å². The third-order valence-corrected chi connectivity index (χ3v) is 3.21. The van der Waals surface area contributed by atoms with Crippen molar-refractivity contribution in [1.29, 1.82) is 0 Å². The quantitative estimate of drug-likeness (QED) is 0.754. The molecule has 5 nitrogen and oxygen atoms in total. The first-order chi connectivity index (χ1) is 9.60. The number of halogens is 5. The van der Waals surface area contributed by atoms with Crippen molar-refractivity contribution in [3.63, 3.8) is 0 Å². The maximum Gasteiger partial charge on any atom is 0.427 e. The molecular weight excluding hydrogens is 301 g/mol. The van der Waals surface area contributed by atoms with Crippen LogP contribution in [0.3, 0.4) is 0 Å². The van der Waals surface area contributed by atoms with Crippen LogP contribution in [0.25, 0.3) is 0 Å². The molecule has 3 atom stereocenters. The lowest BCUT2D eigenvalue weighted by Gasteiger charge is -2.36. The van der Waals surface area contributed by atoms with Crippen LogP contribution in [-0.2, 0) is 4.74 Å². The molecule has 10 heteroatoms. The largest absolute Gasteiger partial charge is 0.427 e. The zero-order chi connectivity index (χ0) is 16.0. The smallest absolute Gasteiger partial charge is 0.394 e. The lowest BCUT2D eigenvalue weighted by molar-refractivity contribution is -0.258. The summed E-state index contributed by atoms with van der Waals surface area (Å²) in [5.74, 6) is -2.11. The number of nitrogens with zero attached hydrogens (tertiary/aromatic N) is 2. The van der Waals surface area contributed by atoms with E-state index in [4.69, 9.17) is 15.6 Å². The predicted octanol–water partition coefficient (Wildman–Crippen LogP) is 1.32. The van der Waals surface area contributed by atoms with Gasteiger partial charge in [0.1, 0.15) is 5.82 Å². The van der Waals surface area contributed by atoms with Crippen molar-refractivity contribution in [3.05, 3.63) is 24.4 Å². The molecule has 0 radical (unpaired) electrons. The van der Waals surface area contributed by atoms with Crippen LogP contribution >= 0.6 is 0 Å². The zero-order valence-corrected chi connectivity index (χ0v) is 10.6. The Labute approximate surface area is 116 Å². The fraction of sp³-hybridized carbons (Fsp3) is 0.545. The number of aliphatic hydroxyl groups excluding tert-OH is 1. The molecule has 0 aromatic carbocycles. The van der Waals surface area contributed by atoms with Crippen molar-refractivity contribution < 1.29 is 31.8 Å². The van der Waals surface area contributed by atoms with Gasteiger partial charge in [-0.3, -0.25) is 0 Å². The SMILES string of the molecule is C=C1N=C(N)C(F)=CN1[C@@H]1O[C@H](CO)CC1(F)C(F)(F)F. The molecule has 21 heavy (non-hydrogen) atoms. The minimum Gasteiger partial charge on any atom is -0.394 e. The van der Waals surface area contributed by atoms with Gasteiger partial charge in [-0.05, 0) is 0 Å². The van der Waals surface area contributed by atoms with Crippen LogP contribution < -0.4 is 5.73 Å². The summed E-state index contributed by atoms with van der Waals surface area (Å²) in [5.41, 5.74) is 1.36. The van der Waals surface area contributed by atoms with Gasteiger partial charge in [0.15, 0.2) is 17.9 Å². The Morgan fingerprint density at radius 2 is 2.19 bits per heavy atom. The lowest BCUT2D eigenvalue weighted by atomic mass is 9.98. The van der Waals surface area contributed by atoms with Crippen LogP contribution in [-0.4, -0.2) is 46.6 Å². The minimum absolute atomic E-state index is 0.399. The van der Waals surface area contributed by atoms with Gasteiger partial charge >= 0.3 is 6.18 Å². The number of alkyl halides is 4. The Hall–Kier alpha value is -1.68. The third kappa shape index (κ3) is 2.48. The molecule has 0 bridgehead atoms. The minimum atomic E-state index is -5.28. The van der Waals surface area contributed by atoms with Crippen LogP contribution in [0.5, 0.6) is 0 Å². The van der Waals surface area contributed by atoms with E-state index < -0.39 is 54.7 Å². The molecule has 0 aromatic heterocycles. The molecule has 2 rings (SSSR count). The highest BCUT2D eigenvalue weighted by Gasteiger charge is 2.68. The van der Waals surface area contributed by atoms with Crippen LogP contribution in [0.2, 0.25) is 0 Å². The first-order valence-corrected chi connectivity index (χ1v) is 5.81.